The molecule has 0 atom stereocenters. The molecule has 0 radical (unpaired) electrons. The second-order valence-corrected chi connectivity index (χ2v) is 5.56. The van der Waals surface area contributed by atoms with Crippen molar-refractivity contribution in [2.45, 2.75) is 20.0 Å². The minimum Gasteiger partial charge on any atom is -0.465 e. The summed E-state index contributed by atoms with van der Waals surface area (Å²) in [4.78, 5) is 17.7. The van der Waals surface area contributed by atoms with Crippen LogP contribution in [0.15, 0.2) is 39.7 Å². The molecule has 0 saturated heterocycles. The van der Waals surface area contributed by atoms with Gasteiger partial charge in [0.05, 0.1) is 13.7 Å². The van der Waals surface area contributed by atoms with E-state index in [-0.39, 0.29) is 29.8 Å². The molecule has 0 aliphatic heterocycles. The van der Waals surface area contributed by atoms with Crippen LogP contribution < -0.4 is 5.32 Å². The van der Waals surface area contributed by atoms with Crippen molar-refractivity contribution < 1.29 is 18.3 Å². The Morgan fingerprint density at radius 3 is 2.58 bits per heavy atom. The van der Waals surface area contributed by atoms with Gasteiger partial charge >= 0.3 is 5.97 Å². The molecule has 0 aliphatic rings. The molecular weight excluding hydrogens is 452 g/mol. The number of carbonyl (C=O) groups is 1. The van der Waals surface area contributed by atoms with E-state index in [1.165, 1.54) is 19.2 Å². The normalized spacial score (nSPS) is 10.9. The fourth-order valence-corrected chi connectivity index (χ4v) is 2.43. The summed E-state index contributed by atoms with van der Waals surface area (Å²) in [5.74, 6) is 1.08. The van der Waals surface area contributed by atoms with Crippen LogP contribution in [0.25, 0.3) is 0 Å². The molecule has 1 N–H and O–H groups in total. The zero-order chi connectivity index (χ0) is 18.4. The molecule has 6 nitrogen and oxygen atoms in total. The van der Waals surface area contributed by atoms with Crippen LogP contribution in [0.2, 0.25) is 0 Å². The average Bonchev–Trinajstić information content (AvgIpc) is 2.97. The van der Waals surface area contributed by atoms with E-state index in [0.717, 1.165) is 5.56 Å². The number of ether oxygens (including phenoxy) is 1. The zero-order valence-electron chi connectivity index (χ0n) is 15.2. The molecule has 0 bridgehead atoms. The fraction of sp³-hybridized carbons (Fsp3) is 0.333. The number of furan rings is 1. The summed E-state index contributed by atoms with van der Waals surface area (Å²) in [6.07, 6.45) is 0. The van der Waals surface area contributed by atoms with Crippen LogP contribution in [0.3, 0.4) is 0 Å². The van der Waals surface area contributed by atoms with E-state index in [4.69, 9.17) is 9.15 Å². The van der Waals surface area contributed by atoms with Gasteiger partial charge in [0.15, 0.2) is 5.96 Å². The Morgan fingerprint density at radius 1 is 1.35 bits per heavy atom. The lowest BCUT2D eigenvalue weighted by Crippen LogP contribution is -2.37. The first-order valence-corrected chi connectivity index (χ1v) is 7.78. The highest BCUT2D eigenvalue weighted by molar-refractivity contribution is 14.0. The van der Waals surface area contributed by atoms with Crippen LogP contribution >= 0.6 is 24.0 Å². The zero-order valence-corrected chi connectivity index (χ0v) is 17.5. The SMILES string of the molecule is CN=C(NCc1cc(C(=O)OC)c(C)o1)N(C)Cc1ccc(F)cc1.I. The van der Waals surface area contributed by atoms with Crippen molar-refractivity contribution in [2.75, 3.05) is 21.2 Å². The predicted octanol–water partition coefficient (Wildman–Crippen LogP) is 3.34. The van der Waals surface area contributed by atoms with Gasteiger partial charge in [-0.2, -0.15) is 0 Å². The lowest BCUT2D eigenvalue weighted by Gasteiger charge is -2.21. The van der Waals surface area contributed by atoms with Gasteiger partial charge in [0.25, 0.3) is 0 Å². The maximum absolute atomic E-state index is 13.0. The topological polar surface area (TPSA) is 67.1 Å². The number of carbonyl (C=O) groups excluding carboxylic acids is 1. The Balaban J connectivity index is 0.00000338. The van der Waals surface area contributed by atoms with Crippen molar-refractivity contribution in [1.29, 1.82) is 0 Å². The van der Waals surface area contributed by atoms with Crippen molar-refractivity contribution in [3.8, 4) is 0 Å². The fourth-order valence-electron chi connectivity index (χ4n) is 2.43. The number of aryl methyl sites for hydroxylation is 1. The Morgan fingerprint density at radius 2 is 2.00 bits per heavy atom. The Hall–Kier alpha value is -2.10. The van der Waals surface area contributed by atoms with Crippen LogP contribution in [0.5, 0.6) is 0 Å². The van der Waals surface area contributed by atoms with Gasteiger partial charge in [0, 0.05) is 20.6 Å². The van der Waals surface area contributed by atoms with E-state index in [1.54, 1.807) is 32.2 Å². The molecule has 0 unspecified atom stereocenters. The molecule has 0 aliphatic carbocycles. The van der Waals surface area contributed by atoms with Gasteiger partial charge in [-0.25, -0.2) is 9.18 Å². The number of halogens is 2. The molecule has 2 rings (SSSR count). The van der Waals surface area contributed by atoms with E-state index in [9.17, 15) is 9.18 Å². The third-order valence-corrected chi connectivity index (χ3v) is 3.70. The largest absolute Gasteiger partial charge is 0.465 e. The van der Waals surface area contributed by atoms with Crippen molar-refractivity contribution in [2.24, 2.45) is 4.99 Å². The highest BCUT2D eigenvalue weighted by Gasteiger charge is 2.16. The second-order valence-electron chi connectivity index (χ2n) is 5.56. The number of aliphatic imine (C=N–C) groups is 1. The van der Waals surface area contributed by atoms with Gasteiger partial charge in [0.1, 0.15) is 22.9 Å². The highest BCUT2D eigenvalue weighted by Crippen LogP contribution is 2.15. The first kappa shape index (κ1) is 21.9. The van der Waals surface area contributed by atoms with Crippen LogP contribution in [0.4, 0.5) is 4.39 Å². The highest BCUT2D eigenvalue weighted by atomic mass is 127. The molecule has 1 aromatic carbocycles. The van der Waals surface area contributed by atoms with E-state index in [0.29, 0.717) is 36.1 Å². The molecule has 2 aromatic rings. The monoisotopic (exact) mass is 475 g/mol. The van der Waals surface area contributed by atoms with Crippen LogP contribution in [-0.2, 0) is 17.8 Å². The van der Waals surface area contributed by atoms with E-state index < -0.39 is 5.97 Å². The summed E-state index contributed by atoms with van der Waals surface area (Å²) in [6.45, 7) is 2.66. The standard InChI is InChI=1S/C18H22FN3O3.HI/c1-12-16(17(23)24-4)9-15(25-12)10-21-18(20-2)22(3)11-13-5-7-14(19)8-6-13;/h5-9H,10-11H2,1-4H3,(H,20,21);1H. The number of hydrogen-bond acceptors (Lipinski definition) is 4. The van der Waals surface area contributed by atoms with Crippen LogP contribution in [0, 0.1) is 12.7 Å². The molecule has 0 amide bonds. The van der Waals surface area contributed by atoms with Gasteiger partial charge in [-0.15, -0.1) is 24.0 Å². The molecule has 0 spiro atoms. The summed E-state index contributed by atoms with van der Waals surface area (Å²) >= 11 is 0. The smallest absolute Gasteiger partial charge is 0.341 e. The van der Waals surface area contributed by atoms with Crippen LogP contribution in [-0.4, -0.2) is 38.0 Å². The van der Waals surface area contributed by atoms with Gasteiger partial charge in [0.2, 0.25) is 0 Å². The molecule has 1 heterocycles. The van der Waals surface area contributed by atoms with E-state index in [1.807, 2.05) is 11.9 Å². The third kappa shape index (κ3) is 5.72. The Labute approximate surface area is 169 Å². The lowest BCUT2D eigenvalue weighted by atomic mass is 10.2. The van der Waals surface area contributed by atoms with Crippen molar-refractivity contribution in [3.63, 3.8) is 0 Å². The molecule has 26 heavy (non-hydrogen) atoms. The molecular formula is C18H23FIN3O3. The van der Waals surface area contributed by atoms with Gasteiger partial charge in [-0.3, -0.25) is 4.99 Å². The summed E-state index contributed by atoms with van der Waals surface area (Å²) in [6, 6.07) is 7.98. The number of nitrogens with one attached hydrogen (secondary N) is 1. The van der Waals surface area contributed by atoms with Crippen molar-refractivity contribution in [1.82, 2.24) is 10.2 Å². The van der Waals surface area contributed by atoms with Crippen molar-refractivity contribution >= 4 is 35.9 Å². The Bertz CT molecular complexity index is 760. The van der Waals surface area contributed by atoms with Gasteiger partial charge < -0.3 is 19.4 Å². The number of rotatable bonds is 5. The molecule has 142 valence electrons. The Kier molecular flexibility index (Phi) is 8.56. The molecule has 8 heteroatoms. The number of nitrogens with zero attached hydrogens (tertiary/aromatic N) is 2. The van der Waals surface area contributed by atoms with Gasteiger partial charge in [-0.1, -0.05) is 12.1 Å². The third-order valence-electron chi connectivity index (χ3n) is 3.70. The minimum absolute atomic E-state index is 0. The summed E-state index contributed by atoms with van der Waals surface area (Å²) < 4.78 is 23.3. The summed E-state index contributed by atoms with van der Waals surface area (Å²) in [5.41, 5.74) is 1.38. The summed E-state index contributed by atoms with van der Waals surface area (Å²) in [5, 5.41) is 3.17. The van der Waals surface area contributed by atoms with E-state index in [2.05, 4.69) is 10.3 Å². The number of guanidine groups is 1. The predicted molar refractivity (Wildman–Crippen MR) is 108 cm³/mol. The van der Waals surface area contributed by atoms with Crippen LogP contribution in [0.1, 0.15) is 27.4 Å². The quantitative estimate of drug-likeness (QED) is 0.311. The molecule has 1 aromatic heterocycles. The number of hydrogen-bond donors (Lipinski definition) is 1. The van der Waals surface area contributed by atoms with E-state index >= 15 is 0 Å². The first-order valence-electron chi connectivity index (χ1n) is 7.78. The number of benzene rings is 1. The maximum atomic E-state index is 13.0. The summed E-state index contributed by atoms with van der Waals surface area (Å²) in [7, 11) is 4.89. The van der Waals surface area contributed by atoms with Gasteiger partial charge in [-0.05, 0) is 30.7 Å². The number of esters is 1. The molecule has 0 fully saturated rings. The lowest BCUT2D eigenvalue weighted by molar-refractivity contribution is 0.0599. The number of methoxy groups -OCH3 is 1. The molecule has 0 saturated carbocycles. The second kappa shape index (κ2) is 10.1. The first-order chi connectivity index (χ1) is 11.9. The maximum Gasteiger partial charge on any atom is 0.341 e. The van der Waals surface area contributed by atoms with Crippen molar-refractivity contribution in [3.05, 3.63) is 58.8 Å². The minimum atomic E-state index is -0.426. The average molecular weight is 475 g/mol.